The summed E-state index contributed by atoms with van der Waals surface area (Å²) in [7, 11) is 0. The highest BCUT2D eigenvalue weighted by Gasteiger charge is 2.24. The predicted octanol–water partition coefficient (Wildman–Crippen LogP) is 4.63. The van der Waals surface area contributed by atoms with Crippen molar-refractivity contribution in [3.8, 4) is 0 Å². The van der Waals surface area contributed by atoms with Gasteiger partial charge in [-0.05, 0) is 30.3 Å². The predicted molar refractivity (Wildman–Crippen MR) is 95.6 cm³/mol. The van der Waals surface area contributed by atoms with Crippen LogP contribution in [0.4, 0.5) is 25.0 Å². The van der Waals surface area contributed by atoms with E-state index in [1.807, 2.05) is 0 Å². The van der Waals surface area contributed by atoms with E-state index in [-0.39, 0.29) is 11.7 Å². The normalized spacial score (nSPS) is 14.6. The van der Waals surface area contributed by atoms with Crippen molar-refractivity contribution in [2.45, 2.75) is 0 Å². The minimum Gasteiger partial charge on any atom is -0.363 e. The highest BCUT2D eigenvalue weighted by molar-refractivity contribution is 6.42. The topological polar surface area (TPSA) is 35.6 Å². The Labute approximate surface area is 153 Å². The van der Waals surface area contributed by atoms with E-state index >= 15 is 0 Å². The number of urea groups is 1. The molecule has 1 saturated heterocycles. The Hall–Kier alpha value is -2.05. The summed E-state index contributed by atoms with van der Waals surface area (Å²) >= 11 is 11.8. The molecule has 1 aliphatic heterocycles. The first-order valence-corrected chi connectivity index (χ1v) is 8.41. The number of anilines is 2. The minimum atomic E-state index is -0.603. The van der Waals surface area contributed by atoms with Crippen LogP contribution in [0.5, 0.6) is 0 Å². The average Bonchev–Trinajstić information content (AvgIpc) is 2.58. The number of piperazine rings is 1. The summed E-state index contributed by atoms with van der Waals surface area (Å²) < 4.78 is 27.7. The van der Waals surface area contributed by atoms with Gasteiger partial charge in [0.2, 0.25) is 0 Å². The zero-order valence-electron chi connectivity index (χ0n) is 13.1. The van der Waals surface area contributed by atoms with Crippen molar-refractivity contribution in [2.24, 2.45) is 0 Å². The molecule has 8 heteroatoms. The van der Waals surface area contributed by atoms with Crippen molar-refractivity contribution >= 4 is 40.6 Å². The Bertz CT molecular complexity index is 775. The van der Waals surface area contributed by atoms with E-state index in [1.165, 1.54) is 18.2 Å². The minimum absolute atomic E-state index is 0.0490. The maximum absolute atomic E-state index is 13.9. The molecule has 3 rings (SSSR count). The van der Waals surface area contributed by atoms with E-state index in [2.05, 4.69) is 5.32 Å². The van der Waals surface area contributed by atoms with Crippen molar-refractivity contribution in [1.82, 2.24) is 4.90 Å². The quantitative estimate of drug-likeness (QED) is 0.817. The average molecular weight is 386 g/mol. The van der Waals surface area contributed by atoms with Gasteiger partial charge in [0.15, 0.2) is 0 Å². The fourth-order valence-electron chi connectivity index (χ4n) is 2.70. The van der Waals surface area contributed by atoms with Gasteiger partial charge in [-0.25, -0.2) is 13.6 Å². The van der Waals surface area contributed by atoms with Crippen LogP contribution in [0.25, 0.3) is 0 Å². The van der Waals surface area contributed by atoms with Crippen LogP contribution in [-0.4, -0.2) is 37.1 Å². The number of carbonyl (C=O) groups excluding carboxylic acids is 1. The van der Waals surface area contributed by atoms with E-state index in [1.54, 1.807) is 28.0 Å². The molecule has 0 saturated carbocycles. The molecule has 0 unspecified atom stereocenters. The fraction of sp³-hybridized carbons (Fsp3) is 0.235. The van der Waals surface area contributed by atoms with Crippen LogP contribution in [0.3, 0.4) is 0 Å². The second-order valence-electron chi connectivity index (χ2n) is 5.60. The van der Waals surface area contributed by atoms with Crippen molar-refractivity contribution in [1.29, 1.82) is 0 Å². The molecule has 0 bridgehead atoms. The lowest BCUT2D eigenvalue weighted by atomic mass is 10.2. The lowest BCUT2D eigenvalue weighted by Crippen LogP contribution is -2.50. The molecule has 0 radical (unpaired) electrons. The van der Waals surface area contributed by atoms with E-state index in [9.17, 15) is 13.6 Å². The van der Waals surface area contributed by atoms with Crippen LogP contribution in [-0.2, 0) is 0 Å². The summed E-state index contributed by atoms with van der Waals surface area (Å²) in [4.78, 5) is 15.5. The van der Waals surface area contributed by atoms with E-state index < -0.39 is 11.6 Å². The molecular weight excluding hydrogens is 371 g/mol. The van der Waals surface area contributed by atoms with Gasteiger partial charge in [0.25, 0.3) is 0 Å². The van der Waals surface area contributed by atoms with Crippen LogP contribution in [0.15, 0.2) is 36.4 Å². The van der Waals surface area contributed by atoms with Gasteiger partial charge in [-0.2, -0.15) is 0 Å². The Balaban J connectivity index is 1.62. The van der Waals surface area contributed by atoms with E-state index in [4.69, 9.17) is 23.2 Å². The van der Waals surface area contributed by atoms with Gasteiger partial charge >= 0.3 is 6.03 Å². The molecule has 1 heterocycles. The Kier molecular flexibility index (Phi) is 5.30. The second kappa shape index (κ2) is 7.45. The van der Waals surface area contributed by atoms with Gasteiger partial charge in [0, 0.05) is 31.9 Å². The number of nitrogens with zero attached hydrogens (tertiary/aromatic N) is 2. The number of carbonyl (C=O) groups is 1. The first kappa shape index (κ1) is 17.8. The number of nitrogens with one attached hydrogen (secondary N) is 1. The van der Waals surface area contributed by atoms with Gasteiger partial charge in [-0.15, -0.1) is 0 Å². The molecule has 0 aliphatic carbocycles. The fourth-order valence-corrected chi connectivity index (χ4v) is 3.00. The maximum Gasteiger partial charge on any atom is 0.321 e. The van der Waals surface area contributed by atoms with Crippen LogP contribution >= 0.6 is 23.2 Å². The van der Waals surface area contributed by atoms with Crippen molar-refractivity contribution in [3.05, 3.63) is 58.1 Å². The molecular formula is C17H15Cl2F2N3O. The van der Waals surface area contributed by atoms with Crippen molar-refractivity contribution < 1.29 is 13.6 Å². The number of halogens is 4. The molecule has 1 fully saturated rings. The first-order chi connectivity index (χ1) is 12.0. The summed E-state index contributed by atoms with van der Waals surface area (Å²) in [5.41, 5.74) is 0.481. The Morgan fingerprint density at radius 2 is 1.60 bits per heavy atom. The van der Waals surface area contributed by atoms with Crippen LogP contribution < -0.4 is 10.2 Å². The van der Waals surface area contributed by atoms with Crippen LogP contribution in [0, 0.1) is 11.6 Å². The largest absolute Gasteiger partial charge is 0.363 e. The molecule has 0 atom stereocenters. The summed E-state index contributed by atoms with van der Waals surface area (Å²) in [5.74, 6) is -1.21. The van der Waals surface area contributed by atoms with Crippen molar-refractivity contribution in [3.63, 3.8) is 0 Å². The van der Waals surface area contributed by atoms with Gasteiger partial charge < -0.3 is 15.1 Å². The molecule has 0 spiro atoms. The lowest BCUT2D eigenvalue weighted by molar-refractivity contribution is 0.208. The molecule has 2 aromatic rings. The highest BCUT2D eigenvalue weighted by Crippen LogP contribution is 2.26. The molecule has 1 aliphatic rings. The van der Waals surface area contributed by atoms with E-state index in [0.717, 1.165) is 0 Å². The third-order valence-corrected chi connectivity index (χ3v) is 4.73. The maximum atomic E-state index is 13.9. The molecule has 2 amide bonds. The summed E-state index contributed by atoms with van der Waals surface area (Å²) in [6.07, 6.45) is 0. The van der Waals surface area contributed by atoms with Gasteiger partial charge in [-0.3, -0.25) is 0 Å². The number of rotatable bonds is 2. The highest BCUT2D eigenvalue weighted by atomic mass is 35.5. The number of hydrogen-bond donors (Lipinski definition) is 1. The van der Waals surface area contributed by atoms with Gasteiger partial charge in [-0.1, -0.05) is 29.3 Å². The third kappa shape index (κ3) is 3.96. The molecule has 0 aromatic heterocycles. The zero-order chi connectivity index (χ0) is 18.0. The monoisotopic (exact) mass is 385 g/mol. The molecule has 1 N–H and O–H groups in total. The summed E-state index contributed by atoms with van der Waals surface area (Å²) in [6.45, 7) is 1.38. The van der Waals surface area contributed by atoms with Crippen molar-refractivity contribution in [2.75, 3.05) is 36.4 Å². The Morgan fingerprint density at radius 3 is 2.20 bits per heavy atom. The second-order valence-corrected chi connectivity index (χ2v) is 6.42. The van der Waals surface area contributed by atoms with Gasteiger partial charge in [0.05, 0.1) is 10.0 Å². The zero-order valence-corrected chi connectivity index (χ0v) is 14.6. The standard InChI is InChI=1S/C17H15Cl2F2N3O/c18-12-5-4-11(10-13(12)19)22-17(25)24-8-6-23(7-9-24)16-14(20)2-1-3-15(16)21/h1-5,10H,6-9H2,(H,22,25). The Morgan fingerprint density at radius 1 is 0.960 bits per heavy atom. The van der Waals surface area contributed by atoms with E-state index in [0.29, 0.717) is 41.9 Å². The lowest BCUT2D eigenvalue weighted by Gasteiger charge is -2.36. The summed E-state index contributed by atoms with van der Waals surface area (Å²) in [6, 6.07) is 8.29. The van der Waals surface area contributed by atoms with Crippen LogP contribution in [0.2, 0.25) is 10.0 Å². The number of benzene rings is 2. The SMILES string of the molecule is O=C(Nc1ccc(Cl)c(Cl)c1)N1CCN(c2c(F)cccc2F)CC1. The third-order valence-electron chi connectivity index (χ3n) is 3.99. The van der Waals surface area contributed by atoms with Crippen LogP contribution in [0.1, 0.15) is 0 Å². The molecule has 2 aromatic carbocycles. The first-order valence-electron chi connectivity index (χ1n) is 7.65. The summed E-state index contributed by atoms with van der Waals surface area (Å²) in [5, 5.41) is 3.48. The number of amides is 2. The van der Waals surface area contributed by atoms with Gasteiger partial charge in [0.1, 0.15) is 17.3 Å². The molecule has 132 valence electrons. The smallest absolute Gasteiger partial charge is 0.321 e. The number of para-hydroxylation sites is 1. The molecule has 4 nitrogen and oxygen atoms in total. The number of hydrogen-bond acceptors (Lipinski definition) is 2. The molecule has 25 heavy (non-hydrogen) atoms.